The van der Waals surface area contributed by atoms with E-state index in [-0.39, 0.29) is 11.6 Å². The summed E-state index contributed by atoms with van der Waals surface area (Å²) in [5.41, 5.74) is 1.75. The molecule has 2 aromatic carbocycles. The van der Waals surface area contributed by atoms with E-state index in [1.165, 1.54) is 11.1 Å². The van der Waals surface area contributed by atoms with E-state index in [0.717, 1.165) is 0 Å². The number of carbonyl (C=O) groups is 1. The van der Waals surface area contributed by atoms with Gasteiger partial charge in [-0.3, -0.25) is 14.9 Å². The Labute approximate surface area is 167 Å². The van der Waals surface area contributed by atoms with Crippen molar-refractivity contribution >= 4 is 68.2 Å². The first-order valence-electron chi connectivity index (χ1n) is 7.28. The Morgan fingerprint density at radius 2 is 1.92 bits per heavy atom. The van der Waals surface area contributed by atoms with Gasteiger partial charge in [0.2, 0.25) is 0 Å². The standard InChI is InChI=1S/C17H10BrCl2N3O3/c1-9-12(6-10-2-4-13(18)16(7-10)23(25)26)17(24)22(21-9)11-3-5-14(19)15(20)8-11/h2-8H,1H3/b12-6-. The fourth-order valence-corrected chi connectivity index (χ4v) is 3.09. The lowest BCUT2D eigenvalue weighted by Crippen LogP contribution is -2.21. The molecule has 3 rings (SSSR count). The van der Waals surface area contributed by atoms with E-state index in [2.05, 4.69) is 21.0 Å². The molecule has 1 heterocycles. The molecule has 0 aliphatic carbocycles. The van der Waals surface area contributed by atoms with E-state index < -0.39 is 4.92 Å². The number of amides is 1. The van der Waals surface area contributed by atoms with Gasteiger partial charge in [0.25, 0.3) is 11.6 Å². The van der Waals surface area contributed by atoms with Crippen molar-refractivity contribution in [2.24, 2.45) is 5.10 Å². The highest BCUT2D eigenvalue weighted by Gasteiger charge is 2.29. The number of rotatable bonds is 3. The third-order valence-corrected chi connectivity index (χ3v) is 5.10. The van der Waals surface area contributed by atoms with Crippen LogP contribution in [0.2, 0.25) is 10.0 Å². The van der Waals surface area contributed by atoms with Crippen LogP contribution in [0.5, 0.6) is 0 Å². The van der Waals surface area contributed by atoms with Crippen LogP contribution >= 0.6 is 39.1 Å². The molecule has 0 radical (unpaired) electrons. The van der Waals surface area contributed by atoms with Crippen molar-refractivity contribution in [1.29, 1.82) is 0 Å². The lowest BCUT2D eigenvalue weighted by Gasteiger charge is -2.12. The molecule has 0 N–H and O–H groups in total. The molecule has 0 aromatic heterocycles. The van der Waals surface area contributed by atoms with E-state index >= 15 is 0 Å². The number of carbonyl (C=O) groups excluding carboxylic acids is 1. The molecule has 2 aromatic rings. The van der Waals surface area contributed by atoms with Crippen molar-refractivity contribution in [3.63, 3.8) is 0 Å². The summed E-state index contributed by atoms with van der Waals surface area (Å²) in [7, 11) is 0. The van der Waals surface area contributed by atoms with Crippen molar-refractivity contribution in [1.82, 2.24) is 0 Å². The minimum Gasteiger partial charge on any atom is -0.267 e. The summed E-state index contributed by atoms with van der Waals surface area (Å²) in [6.07, 6.45) is 1.57. The minimum absolute atomic E-state index is 0.0827. The summed E-state index contributed by atoms with van der Waals surface area (Å²) in [5, 5.41) is 17.2. The number of hydrazone groups is 1. The lowest BCUT2D eigenvalue weighted by molar-refractivity contribution is -0.385. The largest absolute Gasteiger partial charge is 0.284 e. The van der Waals surface area contributed by atoms with Gasteiger partial charge in [-0.25, -0.2) is 0 Å². The summed E-state index contributed by atoms with van der Waals surface area (Å²) < 4.78 is 0.366. The van der Waals surface area contributed by atoms with Crippen LogP contribution < -0.4 is 5.01 Å². The average molecular weight is 455 g/mol. The van der Waals surface area contributed by atoms with Gasteiger partial charge in [-0.2, -0.15) is 10.1 Å². The molecule has 132 valence electrons. The number of hydrogen-bond donors (Lipinski definition) is 0. The van der Waals surface area contributed by atoms with Crippen molar-refractivity contribution in [2.75, 3.05) is 5.01 Å². The van der Waals surface area contributed by atoms with Crippen LogP contribution in [0.3, 0.4) is 0 Å². The number of halogens is 3. The van der Waals surface area contributed by atoms with Gasteiger partial charge in [-0.05, 0) is 58.8 Å². The molecular formula is C17H10BrCl2N3O3. The molecule has 1 aliphatic heterocycles. The number of anilines is 1. The second-order valence-corrected chi connectivity index (χ2v) is 7.10. The van der Waals surface area contributed by atoms with Crippen LogP contribution in [0.15, 0.2) is 51.5 Å². The van der Waals surface area contributed by atoms with E-state index in [4.69, 9.17) is 23.2 Å². The van der Waals surface area contributed by atoms with Crippen LogP contribution in [0.1, 0.15) is 12.5 Å². The smallest absolute Gasteiger partial charge is 0.267 e. The SMILES string of the molecule is CC1=NN(c2ccc(Cl)c(Cl)c2)C(=O)/C1=C\c1ccc(Br)c([N+](=O)[O-])c1. The van der Waals surface area contributed by atoms with Crippen LogP contribution in [-0.2, 0) is 4.79 Å². The number of benzene rings is 2. The Bertz CT molecular complexity index is 1000. The fraction of sp³-hybridized carbons (Fsp3) is 0.0588. The van der Waals surface area contributed by atoms with Crippen molar-refractivity contribution < 1.29 is 9.72 Å². The third kappa shape index (κ3) is 3.51. The van der Waals surface area contributed by atoms with Gasteiger partial charge in [-0.1, -0.05) is 29.3 Å². The number of nitro groups is 1. The lowest BCUT2D eigenvalue weighted by atomic mass is 10.1. The molecular weight excluding hydrogens is 445 g/mol. The van der Waals surface area contributed by atoms with E-state index in [1.54, 1.807) is 43.3 Å². The fourth-order valence-electron chi connectivity index (χ4n) is 2.40. The predicted octanol–water partition coefficient (Wildman–Crippen LogP) is 5.47. The first-order valence-corrected chi connectivity index (χ1v) is 8.83. The van der Waals surface area contributed by atoms with Gasteiger partial charge < -0.3 is 0 Å². The Morgan fingerprint density at radius 1 is 1.19 bits per heavy atom. The number of nitro benzene ring substituents is 1. The molecule has 0 bridgehead atoms. The summed E-state index contributed by atoms with van der Waals surface area (Å²) in [5.74, 6) is -0.355. The van der Waals surface area contributed by atoms with Crippen molar-refractivity contribution in [3.8, 4) is 0 Å². The van der Waals surface area contributed by atoms with Crippen LogP contribution in [0.4, 0.5) is 11.4 Å². The molecule has 0 atom stereocenters. The summed E-state index contributed by atoms with van der Waals surface area (Å²) in [4.78, 5) is 23.3. The monoisotopic (exact) mass is 453 g/mol. The first-order chi connectivity index (χ1) is 12.3. The zero-order chi connectivity index (χ0) is 19.0. The van der Waals surface area contributed by atoms with E-state index in [1.807, 2.05) is 0 Å². The molecule has 1 aliphatic rings. The molecule has 0 saturated carbocycles. The summed E-state index contributed by atoms with van der Waals surface area (Å²) in [6.45, 7) is 1.69. The van der Waals surface area contributed by atoms with Crippen molar-refractivity contribution in [3.05, 3.63) is 72.2 Å². The summed E-state index contributed by atoms with van der Waals surface area (Å²) in [6, 6.07) is 9.39. The number of hydrogen-bond acceptors (Lipinski definition) is 4. The quantitative estimate of drug-likeness (QED) is 0.350. The molecule has 0 saturated heterocycles. The maximum absolute atomic E-state index is 12.7. The maximum Gasteiger partial charge on any atom is 0.284 e. The number of nitrogens with zero attached hydrogens (tertiary/aromatic N) is 3. The second-order valence-electron chi connectivity index (χ2n) is 5.43. The Hall–Kier alpha value is -2.22. The third-order valence-electron chi connectivity index (χ3n) is 3.69. The molecule has 9 heteroatoms. The van der Waals surface area contributed by atoms with E-state index in [9.17, 15) is 14.9 Å². The predicted molar refractivity (Wildman–Crippen MR) is 106 cm³/mol. The van der Waals surface area contributed by atoms with Gasteiger partial charge >= 0.3 is 0 Å². The Balaban J connectivity index is 1.97. The van der Waals surface area contributed by atoms with Crippen LogP contribution in [-0.4, -0.2) is 16.5 Å². The van der Waals surface area contributed by atoms with Gasteiger partial charge in [0.1, 0.15) is 0 Å². The normalized spacial score (nSPS) is 15.5. The molecule has 0 fully saturated rings. The molecule has 26 heavy (non-hydrogen) atoms. The van der Waals surface area contributed by atoms with Gasteiger partial charge in [0.05, 0.1) is 36.4 Å². The van der Waals surface area contributed by atoms with Crippen LogP contribution in [0, 0.1) is 10.1 Å². The summed E-state index contributed by atoms with van der Waals surface area (Å²) >= 11 is 15.0. The van der Waals surface area contributed by atoms with Crippen molar-refractivity contribution in [2.45, 2.75) is 6.92 Å². The Morgan fingerprint density at radius 3 is 2.58 bits per heavy atom. The van der Waals surface area contributed by atoms with Crippen LogP contribution in [0.25, 0.3) is 6.08 Å². The second kappa shape index (κ2) is 7.19. The molecule has 0 spiro atoms. The van der Waals surface area contributed by atoms with Gasteiger partial charge in [0.15, 0.2) is 0 Å². The Kier molecular flexibility index (Phi) is 5.13. The average Bonchev–Trinajstić information content (AvgIpc) is 2.87. The molecule has 0 unspecified atom stereocenters. The van der Waals surface area contributed by atoms with E-state index in [0.29, 0.717) is 37.1 Å². The zero-order valence-corrected chi connectivity index (χ0v) is 16.3. The highest BCUT2D eigenvalue weighted by molar-refractivity contribution is 9.10. The zero-order valence-electron chi connectivity index (χ0n) is 13.2. The topological polar surface area (TPSA) is 75.8 Å². The van der Waals surface area contributed by atoms with Gasteiger partial charge in [-0.15, -0.1) is 0 Å². The van der Waals surface area contributed by atoms with Gasteiger partial charge in [0, 0.05) is 6.07 Å². The minimum atomic E-state index is -0.495. The highest BCUT2D eigenvalue weighted by atomic mass is 79.9. The molecule has 1 amide bonds. The highest BCUT2D eigenvalue weighted by Crippen LogP contribution is 2.32. The first kappa shape index (κ1) is 18.6. The maximum atomic E-state index is 12.7. The molecule has 6 nitrogen and oxygen atoms in total.